The highest BCUT2D eigenvalue weighted by molar-refractivity contribution is 5.75. The molecule has 1 saturated carbocycles. The summed E-state index contributed by atoms with van der Waals surface area (Å²) in [5.41, 5.74) is 1.01. The Balaban J connectivity index is 1.56. The van der Waals surface area contributed by atoms with Gasteiger partial charge in [-0.15, -0.1) is 0 Å². The molecule has 0 spiro atoms. The largest absolute Gasteiger partial charge is 0.356 e. The molecule has 0 radical (unpaired) electrons. The molecule has 1 aliphatic carbocycles. The minimum atomic E-state index is 0.0784. The first-order valence-electron chi connectivity index (χ1n) is 8.13. The van der Waals surface area contributed by atoms with Crippen LogP contribution >= 0.6 is 0 Å². The van der Waals surface area contributed by atoms with Crippen LogP contribution in [0.1, 0.15) is 37.2 Å². The molecule has 1 aliphatic heterocycles. The molecule has 2 amide bonds. The van der Waals surface area contributed by atoms with E-state index in [0.29, 0.717) is 12.1 Å². The summed E-state index contributed by atoms with van der Waals surface area (Å²) in [6.07, 6.45) is 4.22. The van der Waals surface area contributed by atoms with Crippen molar-refractivity contribution in [2.45, 2.75) is 51.6 Å². The van der Waals surface area contributed by atoms with Crippen LogP contribution in [0.15, 0.2) is 6.07 Å². The molecular weight excluding hydrogens is 278 g/mol. The maximum absolute atomic E-state index is 12.1. The summed E-state index contributed by atoms with van der Waals surface area (Å²) in [4.78, 5) is 25.2. The third-order valence-electron chi connectivity index (χ3n) is 4.51. The molecule has 22 heavy (non-hydrogen) atoms. The van der Waals surface area contributed by atoms with E-state index in [1.807, 2.05) is 31.9 Å². The van der Waals surface area contributed by atoms with E-state index in [-0.39, 0.29) is 6.03 Å². The number of carbonyl (C=O) groups excluding carboxylic acids is 1. The smallest absolute Gasteiger partial charge is 0.317 e. The van der Waals surface area contributed by atoms with Crippen molar-refractivity contribution in [3.8, 4) is 0 Å². The van der Waals surface area contributed by atoms with Crippen molar-refractivity contribution >= 4 is 11.8 Å². The number of amides is 2. The monoisotopic (exact) mass is 303 g/mol. The van der Waals surface area contributed by atoms with Gasteiger partial charge in [-0.2, -0.15) is 0 Å². The van der Waals surface area contributed by atoms with Gasteiger partial charge in [0.05, 0.1) is 0 Å². The fourth-order valence-electron chi connectivity index (χ4n) is 3.01. The summed E-state index contributed by atoms with van der Waals surface area (Å²) < 4.78 is 0. The van der Waals surface area contributed by atoms with Crippen LogP contribution in [0.5, 0.6) is 0 Å². The maximum Gasteiger partial charge on any atom is 0.317 e. The van der Waals surface area contributed by atoms with E-state index < -0.39 is 0 Å². The molecule has 2 heterocycles. The third-order valence-corrected chi connectivity index (χ3v) is 4.51. The first-order chi connectivity index (χ1) is 10.5. The Bertz CT molecular complexity index is 529. The molecule has 1 aromatic rings. The summed E-state index contributed by atoms with van der Waals surface area (Å²) in [6.45, 7) is 5.80. The predicted octanol–water partition coefficient (Wildman–Crippen LogP) is 1.87. The van der Waals surface area contributed by atoms with Gasteiger partial charge >= 0.3 is 6.03 Å². The maximum atomic E-state index is 12.1. The zero-order chi connectivity index (χ0) is 15.7. The molecule has 2 fully saturated rings. The van der Waals surface area contributed by atoms with Gasteiger partial charge in [-0.3, -0.25) is 0 Å². The number of carbonyl (C=O) groups is 1. The first-order valence-corrected chi connectivity index (χ1v) is 8.13. The Labute approximate surface area is 131 Å². The summed E-state index contributed by atoms with van der Waals surface area (Å²) in [5.74, 6) is 1.83. The number of nitrogens with zero attached hydrogens (tertiary/aromatic N) is 4. The third kappa shape index (κ3) is 3.48. The van der Waals surface area contributed by atoms with Crippen molar-refractivity contribution in [1.29, 1.82) is 0 Å². The number of rotatable bonds is 3. The first kappa shape index (κ1) is 15.1. The quantitative estimate of drug-likeness (QED) is 0.926. The minimum Gasteiger partial charge on any atom is -0.356 e. The number of hydrogen-bond acceptors (Lipinski definition) is 4. The van der Waals surface area contributed by atoms with E-state index in [1.54, 1.807) is 0 Å². The standard InChI is InChI=1S/C16H25N5O/c1-11-10-15(18-12(2)17-11)21-8-6-14(7-9-21)20(3)16(22)19-13-4-5-13/h10,13-14H,4-9H2,1-3H3,(H,19,22). The van der Waals surface area contributed by atoms with E-state index >= 15 is 0 Å². The lowest BCUT2D eigenvalue weighted by Crippen LogP contribution is -2.49. The van der Waals surface area contributed by atoms with E-state index in [1.165, 1.54) is 0 Å². The second-order valence-corrected chi connectivity index (χ2v) is 6.47. The highest BCUT2D eigenvalue weighted by Crippen LogP contribution is 2.23. The fourth-order valence-corrected chi connectivity index (χ4v) is 3.01. The normalized spacial score (nSPS) is 19.1. The molecule has 0 aromatic carbocycles. The van der Waals surface area contributed by atoms with Gasteiger partial charge in [-0.05, 0) is 39.5 Å². The topological polar surface area (TPSA) is 61.4 Å². The number of urea groups is 1. The van der Waals surface area contributed by atoms with Crippen molar-refractivity contribution in [3.05, 3.63) is 17.6 Å². The van der Waals surface area contributed by atoms with Crippen LogP contribution in [-0.4, -0.2) is 53.1 Å². The molecule has 1 saturated heterocycles. The van der Waals surface area contributed by atoms with Crippen LogP contribution in [0.2, 0.25) is 0 Å². The van der Waals surface area contributed by atoms with Crippen molar-refractivity contribution in [2.75, 3.05) is 25.0 Å². The minimum absolute atomic E-state index is 0.0784. The molecule has 2 aliphatic rings. The van der Waals surface area contributed by atoms with Crippen LogP contribution in [-0.2, 0) is 0 Å². The Morgan fingerprint density at radius 1 is 1.23 bits per heavy atom. The predicted molar refractivity (Wildman–Crippen MR) is 86.1 cm³/mol. The molecule has 3 rings (SSSR count). The lowest BCUT2D eigenvalue weighted by Gasteiger charge is -2.37. The number of aromatic nitrogens is 2. The molecule has 1 N–H and O–H groups in total. The molecule has 0 unspecified atom stereocenters. The summed E-state index contributed by atoms with van der Waals surface area (Å²) >= 11 is 0. The number of anilines is 1. The average molecular weight is 303 g/mol. The molecular formula is C16H25N5O. The number of nitrogens with one attached hydrogen (secondary N) is 1. The van der Waals surface area contributed by atoms with Gasteiger partial charge in [0.15, 0.2) is 0 Å². The van der Waals surface area contributed by atoms with Gasteiger partial charge in [0.2, 0.25) is 0 Å². The lowest BCUT2D eigenvalue weighted by molar-refractivity contribution is 0.179. The zero-order valence-corrected chi connectivity index (χ0v) is 13.7. The Morgan fingerprint density at radius 3 is 2.50 bits per heavy atom. The van der Waals surface area contributed by atoms with E-state index in [9.17, 15) is 4.79 Å². The number of piperidine rings is 1. The van der Waals surface area contributed by atoms with Gasteiger partial charge in [0.25, 0.3) is 0 Å². The van der Waals surface area contributed by atoms with Crippen LogP contribution < -0.4 is 10.2 Å². The van der Waals surface area contributed by atoms with E-state index in [2.05, 4.69) is 20.2 Å². The van der Waals surface area contributed by atoms with Crippen molar-refractivity contribution in [2.24, 2.45) is 0 Å². The van der Waals surface area contributed by atoms with Crippen LogP contribution in [0.25, 0.3) is 0 Å². The van der Waals surface area contributed by atoms with Crippen LogP contribution in [0.4, 0.5) is 10.6 Å². The summed E-state index contributed by atoms with van der Waals surface area (Å²) in [5, 5.41) is 3.06. The summed E-state index contributed by atoms with van der Waals surface area (Å²) in [6, 6.07) is 2.85. The molecule has 120 valence electrons. The molecule has 6 heteroatoms. The van der Waals surface area contributed by atoms with Gasteiger partial charge in [0.1, 0.15) is 11.6 Å². The van der Waals surface area contributed by atoms with E-state index in [0.717, 1.165) is 56.1 Å². The Kier molecular flexibility index (Phi) is 4.18. The molecule has 0 atom stereocenters. The number of aryl methyl sites for hydroxylation is 2. The molecule has 1 aromatic heterocycles. The van der Waals surface area contributed by atoms with Crippen molar-refractivity contribution in [1.82, 2.24) is 20.2 Å². The van der Waals surface area contributed by atoms with Gasteiger partial charge < -0.3 is 15.1 Å². The second kappa shape index (κ2) is 6.10. The zero-order valence-electron chi connectivity index (χ0n) is 13.7. The van der Waals surface area contributed by atoms with Gasteiger partial charge in [0, 0.05) is 44.0 Å². The highest BCUT2D eigenvalue weighted by Gasteiger charge is 2.29. The van der Waals surface area contributed by atoms with Gasteiger partial charge in [-0.1, -0.05) is 0 Å². The second-order valence-electron chi connectivity index (χ2n) is 6.47. The van der Waals surface area contributed by atoms with E-state index in [4.69, 9.17) is 0 Å². The SMILES string of the molecule is Cc1cc(N2CCC(N(C)C(=O)NC3CC3)CC2)nc(C)n1. The Morgan fingerprint density at radius 2 is 1.91 bits per heavy atom. The Hall–Kier alpha value is -1.85. The molecule has 0 bridgehead atoms. The molecule has 6 nitrogen and oxygen atoms in total. The summed E-state index contributed by atoms with van der Waals surface area (Å²) in [7, 11) is 1.91. The van der Waals surface area contributed by atoms with Gasteiger partial charge in [-0.25, -0.2) is 14.8 Å². The lowest BCUT2D eigenvalue weighted by atomic mass is 10.0. The van der Waals surface area contributed by atoms with Crippen molar-refractivity contribution in [3.63, 3.8) is 0 Å². The van der Waals surface area contributed by atoms with Crippen LogP contribution in [0, 0.1) is 13.8 Å². The average Bonchev–Trinajstić information content (AvgIpc) is 3.29. The van der Waals surface area contributed by atoms with Crippen molar-refractivity contribution < 1.29 is 4.79 Å². The fraction of sp³-hybridized carbons (Fsp3) is 0.688. The number of hydrogen-bond donors (Lipinski definition) is 1. The highest BCUT2D eigenvalue weighted by atomic mass is 16.2. The van der Waals surface area contributed by atoms with Crippen LogP contribution in [0.3, 0.4) is 0 Å².